The summed E-state index contributed by atoms with van der Waals surface area (Å²) in [6.07, 6.45) is -1.88. The van der Waals surface area contributed by atoms with Crippen LogP contribution in [0.4, 0.5) is 18.9 Å². The fourth-order valence-electron chi connectivity index (χ4n) is 3.23. The van der Waals surface area contributed by atoms with E-state index in [9.17, 15) is 22.8 Å². The van der Waals surface area contributed by atoms with Gasteiger partial charge in [0.05, 0.1) is 17.5 Å². The summed E-state index contributed by atoms with van der Waals surface area (Å²) in [5, 5.41) is 10.9. The molecule has 0 spiro atoms. The van der Waals surface area contributed by atoms with Crippen molar-refractivity contribution in [1.29, 1.82) is 0 Å². The quantitative estimate of drug-likeness (QED) is 0.537. The molecule has 1 N–H and O–H groups in total. The van der Waals surface area contributed by atoms with Gasteiger partial charge in [-0.1, -0.05) is 0 Å². The first-order chi connectivity index (χ1) is 14.6. The maximum atomic E-state index is 13.1. The fourth-order valence-corrected chi connectivity index (χ4v) is 3.23. The molecule has 0 unspecified atom stereocenters. The van der Waals surface area contributed by atoms with Crippen molar-refractivity contribution in [2.24, 2.45) is 0 Å². The van der Waals surface area contributed by atoms with Crippen molar-refractivity contribution in [3.63, 3.8) is 0 Å². The number of alkyl halides is 3. The van der Waals surface area contributed by atoms with Crippen LogP contribution in [0.15, 0.2) is 47.7 Å². The van der Waals surface area contributed by atoms with Crippen molar-refractivity contribution in [1.82, 2.24) is 24.4 Å². The van der Waals surface area contributed by atoms with E-state index < -0.39 is 23.1 Å². The molecule has 0 aliphatic carbocycles. The molecule has 1 aromatic carbocycles. The number of carbonyl (C=O) groups excluding carboxylic acids is 1. The minimum Gasteiger partial charge on any atom is -0.326 e. The summed E-state index contributed by atoms with van der Waals surface area (Å²) in [5.41, 5.74) is -0.443. The van der Waals surface area contributed by atoms with Crippen LogP contribution in [0, 0.1) is 0 Å². The van der Waals surface area contributed by atoms with Crippen LogP contribution in [-0.2, 0) is 17.4 Å². The van der Waals surface area contributed by atoms with Gasteiger partial charge in [-0.15, -0.1) is 0 Å². The number of nitrogens with zero attached hydrogens (tertiary/aromatic N) is 5. The van der Waals surface area contributed by atoms with Gasteiger partial charge >= 0.3 is 6.18 Å². The van der Waals surface area contributed by atoms with E-state index in [0.717, 1.165) is 18.2 Å². The summed E-state index contributed by atoms with van der Waals surface area (Å²) < 4.78 is 42.2. The zero-order valence-corrected chi connectivity index (χ0v) is 16.5. The predicted octanol–water partition coefficient (Wildman–Crippen LogP) is 3.22. The summed E-state index contributed by atoms with van der Waals surface area (Å²) >= 11 is 0. The van der Waals surface area contributed by atoms with E-state index in [1.165, 1.54) is 15.5 Å². The van der Waals surface area contributed by atoms with Gasteiger partial charge in [-0.3, -0.25) is 14.3 Å². The molecule has 3 aromatic heterocycles. The number of fused-ring (bicyclic) bond motifs is 2. The smallest absolute Gasteiger partial charge is 0.326 e. The molecular formula is C20H17F3N6O2. The van der Waals surface area contributed by atoms with E-state index in [2.05, 4.69) is 20.5 Å². The Labute approximate surface area is 173 Å². The number of halogens is 3. The molecule has 11 heteroatoms. The van der Waals surface area contributed by atoms with E-state index in [1.54, 1.807) is 32.2 Å². The molecule has 0 saturated carbocycles. The third kappa shape index (κ3) is 3.98. The van der Waals surface area contributed by atoms with Crippen molar-refractivity contribution < 1.29 is 18.0 Å². The van der Waals surface area contributed by atoms with Crippen molar-refractivity contribution in [3.8, 4) is 0 Å². The lowest BCUT2D eigenvalue weighted by atomic mass is 10.1. The number of carbonyl (C=O) groups is 1. The van der Waals surface area contributed by atoms with Crippen LogP contribution in [0.25, 0.3) is 16.6 Å². The molecule has 0 bridgehead atoms. The number of hydrogen-bond donors (Lipinski definition) is 1. The molecule has 0 atom stereocenters. The van der Waals surface area contributed by atoms with Gasteiger partial charge < -0.3 is 5.32 Å². The van der Waals surface area contributed by atoms with Crippen molar-refractivity contribution in [2.75, 3.05) is 5.32 Å². The second kappa shape index (κ2) is 7.49. The summed E-state index contributed by atoms with van der Waals surface area (Å²) in [4.78, 5) is 29.4. The Kier molecular flexibility index (Phi) is 4.96. The molecular weight excluding hydrogens is 413 g/mol. The van der Waals surface area contributed by atoms with Gasteiger partial charge in [0.1, 0.15) is 12.0 Å². The minimum atomic E-state index is -4.55. The van der Waals surface area contributed by atoms with Gasteiger partial charge in [0, 0.05) is 29.4 Å². The second-order valence-corrected chi connectivity index (χ2v) is 7.25. The number of hydrogen-bond acceptors (Lipinski definition) is 5. The summed E-state index contributed by atoms with van der Waals surface area (Å²) in [6, 6.07) is 5.79. The molecule has 1 amide bonds. The first kappa shape index (κ1) is 20.5. The number of benzene rings is 1. The lowest BCUT2D eigenvalue weighted by molar-refractivity contribution is -0.137. The average Bonchev–Trinajstić information content (AvgIpc) is 3.16. The number of pyridine rings is 1. The standard InChI is InChI=1S/C20H17F3N6O2/c1-11(2)29-16-7-12(20(21,22)23)3-4-14(16)19(31)15(27-29)9-18(30)26-13-5-6-28-17(8-13)24-10-25-28/h3-8,10-11H,9H2,1-2H3,(H,26,30). The third-order valence-corrected chi connectivity index (χ3v) is 4.69. The first-order valence-corrected chi connectivity index (χ1v) is 9.35. The zero-order valence-electron chi connectivity index (χ0n) is 16.5. The molecule has 4 aromatic rings. The van der Waals surface area contributed by atoms with E-state index in [4.69, 9.17) is 0 Å². The van der Waals surface area contributed by atoms with Crippen LogP contribution < -0.4 is 10.7 Å². The fraction of sp³-hybridized carbons (Fsp3) is 0.250. The van der Waals surface area contributed by atoms with Crippen LogP contribution in [0.5, 0.6) is 0 Å². The van der Waals surface area contributed by atoms with Crippen LogP contribution >= 0.6 is 0 Å². The molecule has 0 aliphatic heterocycles. The number of nitrogens with one attached hydrogen (secondary N) is 1. The van der Waals surface area contributed by atoms with Crippen molar-refractivity contribution in [3.05, 3.63) is 64.3 Å². The normalized spacial score (nSPS) is 12.1. The number of anilines is 1. The Balaban J connectivity index is 1.68. The van der Waals surface area contributed by atoms with Crippen LogP contribution in [0.3, 0.4) is 0 Å². The van der Waals surface area contributed by atoms with Gasteiger partial charge in [0.15, 0.2) is 5.65 Å². The van der Waals surface area contributed by atoms with E-state index >= 15 is 0 Å². The molecule has 31 heavy (non-hydrogen) atoms. The second-order valence-electron chi connectivity index (χ2n) is 7.25. The van der Waals surface area contributed by atoms with Crippen molar-refractivity contribution in [2.45, 2.75) is 32.5 Å². The van der Waals surface area contributed by atoms with Gasteiger partial charge in [-0.05, 0) is 38.1 Å². The average molecular weight is 430 g/mol. The Hall–Kier alpha value is -3.76. The first-order valence-electron chi connectivity index (χ1n) is 9.35. The van der Waals surface area contributed by atoms with Gasteiger partial charge in [-0.25, -0.2) is 9.50 Å². The lowest BCUT2D eigenvalue weighted by Crippen LogP contribution is -2.25. The Morgan fingerprint density at radius 2 is 1.97 bits per heavy atom. The van der Waals surface area contributed by atoms with Crippen LogP contribution in [-0.4, -0.2) is 30.3 Å². The Morgan fingerprint density at radius 1 is 1.19 bits per heavy atom. The Bertz CT molecular complexity index is 1360. The van der Waals surface area contributed by atoms with Gasteiger partial charge in [0.2, 0.25) is 11.3 Å². The molecule has 160 valence electrons. The lowest BCUT2D eigenvalue weighted by Gasteiger charge is -2.17. The van der Waals surface area contributed by atoms with Crippen LogP contribution in [0.2, 0.25) is 0 Å². The highest BCUT2D eigenvalue weighted by molar-refractivity contribution is 5.93. The van der Waals surface area contributed by atoms with E-state index in [-0.39, 0.29) is 29.1 Å². The van der Waals surface area contributed by atoms with Crippen molar-refractivity contribution >= 4 is 28.1 Å². The highest BCUT2D eigenvalue weighted by Crippen LogP contribution is 2.31. The summed E-state index contributed by atoms with van der Waals surface area (Å²) in [6.45, 7) is 3.46. The highest BCUT2D eigenvalue weighted by Gasteiger charge is 2.31. The topological polar surface area (TPSA) is 94.2 Å². The molecule has 0 fully saturated rings. The number of aromatic nitrogens is 5. The largest absolute Gasteiger partial charge is 0.416 e. The third-order valence-electron chi connectivity index (χ3n) is 4.69. The maximum Gasteiger partial charge on any atom is 0.416 e. The number of rotatable bonds is 4. The zero-order chi connectivity index (χ0) is 22.3. The maximum absolute atomic E-state index is 13.1. The number of amides is 1. The molecule has 8 nitrogen and oxygen atoms in total. The molecule has 4 rings (SSSR count). The van der Waals surface area contributed by atoms with Gasteiger partial charge in [-0.2, -0.15) is 23.4 Å². The summed E-state index contributed by atoms with van der Waals surface area (Å²) in [5.74, 6) is -0.491. The van der Waals surface area contributed by atoms with Gasteiger partial charge in [0.25, 0.3) is 0 Å². The molecule has 3 heterocycles. The van der Waals surface area contributed by atoms with E-state index in [0.29, 0.717) is 11.3 Å². The molecule has 0 radical (unpaired) electrons. The van der Waals surface area contributed by atoms with E-state index in [1.807, 2.05) is 0 Å². The Morgan fingerprint density at radius 3 is 2.68 bits per heavy atom. The summed E-state index contributed by atoms with van der Waals surface area (Å²) in [7, 11) is 0. The molecule has 0 aliphatic rings. The molecule has 0 saturated heterocycles. The monoisotopic (exact) mass is 430 g/mol. The predicted molar refractivity (Wildman–Crippen MR) is 107 cm³/mol. The van der Waals surface area contributed by atoms with Crippen LogP contribution in [0.1, 0.15) is 31.1 Å². The highest BCUT2D eigenvalue weighted by atomic mass is 19.4. The minimum absolute atomic E-state index is 0.0537. The SMILES string of the molecule is CC(C)n1nc(CC(=O)Nc2ccn3ncnc3c2)c(=O)c2ccc(C(F)(F)F)cc21.